The van der Waals surface area contributed by atoms with Crippen molar-refractivity contribution in [1.82, 2.24) is 14.5 Å². The highest BCUT2D eigenvalue weighted by Crippen LogP contribution is 2.20. The highest BCUT2D eigenvalue weighted by Gasteiger charge is 2.13. The fraction of sp³-hybridized carbons (Fsp3) is 0.400. The number of hydrogen-bond acceptors (Lipinski definition) is 4. The van der Waals surface area contributed by atoms with E-state index in [0.29, 0.717) is 24.8 Å². The summed E-state index contributed by atoms with van der Waals surface area (Å²) in [5.74, 6) is 1.71. The first-order valence-electron chi connectivity index (χ1n) is 6.77. The second-order valence-electron chi connectivity index (χ2n) is 4.80. The Morgan fingerprint density at radius 3 is 2.71 bits per heavy atom. The maximum atomic E-state index is 9.27. The molecule has 2 rings (SSSR count). The molecule has 0 atom stereocenters. The molecule has 0 amide bonds. The molecule has 0 aliphatic rings. The lowest BCUT2D eigenvalue weighted by Crippen LogP contribution is -2.27. The van der Waals surface area contributed by atoms with Crippen molar-refractivity contribution in [2.75, 3.05) is 20.3 Å². The van der Waals surface area contributed by atoms with Crippen molar-refractivity contribution in [2.45, 2.75) is 13.1 Å². The van der Waals surface area contributed by atoms with Crippen LogP contribution in [-0.2, 0) is 20.1 Å². The van der Waals surface area contributed by atoms with E-state index in [1.165, 1.54) is 0 Å². The molecule has 1 heterocycles. The Morgan fingerprint density at radius 2 is 2.10 bits per heavy atom. The van der Waals surface area contributed by atoms with Gasteiger partial charge in [0.05, 0.1) is 26.5 Å². The molecule has 0 saturated heterocycles. The molecule has 0 spiro atoms. The number of aliphatic hydroxyl groups is 1. The van der Waals surface area contributed by atoms with Crippen LogP contribution in [0.3, 0.4) is 0 Å². The van der Waals surface area contributed by atoms with E-state index in [1.54, 1.807) is 13.3 Å². The van der Waals surface area contributed by atoms with Gasteiger partial charge in [-0.1, -0.05) is 29.8 Å². The number of hydrogen-bond donors (Lipinski definition) is 1. The normalized spacial score (nSPS) is 11.1. The van der Waals surface area contributed by atoms with E-state index in [-0.39, 0.29) is 6.61 Å². The number of benzene rings is 1. The highest BCUT2D eigenvalue weighted by molar-refractivity contribution is 6.29. The summed E-state index contributed by atoms with van der Waals surface area (Å²) in [6.45, 7) is 1.94. The smallest absolute Gasteiger partial charge is 0.128 e. The minimum absolute atomic E-state index is 0.0906. The number of para-hydroxylation sites is 1. The zero-order valence-corrected chi connectivity index (χ0v) is 13.0. The van der Waals surface area contributed by atoms with Crippen LogP contribution in [0.15, 0.2) is 30.5 Å². The second-order valence-corrected chi connectivity index (χ2v) is 5.19. The summed E-state index contributed by atoms with van der Waals surface area (Å²) in [5, 5.41) is 9.87. The van der Waals surface area contributed by atoms with E-state index in [9.17, 15) is 5.11 Å². The number of nitrogens with zero attached hydrogens (tertiary/aromatic N) is 3. The largest absolute Gasteiger partial charge is 0.496 e. The van der Waals surface area contributed by atoms with Gasteiger partial charge in [-0.15, -0.1) is 0 Å². The van der Waals surface area contributed by atoms with Crippen LogP contribution in [-0.4, -0.2) is 39.8 Å². The molecular weight excluding hydrogens is 290 g/mol. The summed E-state index contributed by atoms with van der Waals surface area (Å²) >= 11 is 6.01. The van der Waals surface area contributed by atoms with Gasteiger partial charge in [0.25, 0.3) is 0 Å². The number of ether oxygens (including phenoxy) is 1. The highest BCUT2D eigenvalue weighted by atomic mass is 35.5. The summed E-state index contributed by atoms with van der Waals surface area (Å²) in [5.41, 5.74) is 1.08. The van der Waals surface area contributed by atoms with E-state index in [0.717, 1.165) is 17.1 Å². The van der Waals surface area contributed by atoms with Gasteiger partial charge < -0.3 is 14.4 Å². The Kier molecular flexibility index (Phi) is 5.61. The third-order valence-electron chi connectivity index (χ3n) is 3.40. The molecule has 1 aromatic carbocycles. The molecule has 1 N–H and O–H groups in total. The topological polar surface area (TPSA) is 50.5 Å². The van der Waals surface area contributed by atoms with Gasteiger partial charge >= 0.3 is 0 Å². The van der Waals surface area contributed by atoms with E-state index in [4.69, 9.17) is 16.3 Å². The lowest BCUT2D eigenvalue weighted by molar-refractivity contribution is 0.178. The molecule has 114 valence electrons. The Balaban J connectivity index is 2.13. The average molecular weight is 310 g/mol. The summed E-state index contributed by atoms with van der Waals surface area (Å²) in [6.07, 6.45) is 1.64. The second kappa shape index (κ2) is 7.45. The monoisotopic (exact) mass is 309 g/mol. The Labute approximate surface area is 129 Å². The summed E-state index contributed by atoms with van der Waals surface area (Å²) in [4.78, 5) is 6.41. The van der Waals surface area contributed by atoms with Gasteiger partial charge in [-0.2, -0.15) is 0 Å². The zero-order chi connectivity index (χ0) is 15.2. The van der Waals surface area contributed by atoms with Gasteiger partial charge in [0, 0.05) is 25.7 Å². The van der Waals surface area contributed by atoms with Crippen molar-refractivity contribution in [2.24, 2.45) is 7.05 Å². The molecule has 6 heteroatoms. The first-order valence-corrected chi connectivity index (χ1v) is 7.14. The fourth-order valence-corrected chi connectivity index (χ4v) is 2.35. The minimum Gasteiger partial charge on any atom is -0.496 e. The summed E-state index contributed by atoms with van der Waals surface area (Å²) in [7, 11) is 3.54. The van der Waals surface area contributed by atoms with Crippen LogP contribution >= 0.6 is 11.6 Å². The van der Waals surface area contributed by atoms with Gasteiger partial charge in [-0.25, -0.2) is 4.98 Å². The Bertz CT molecular complexity index is 586. The molecule has 2 aromatic rings. The van der Waals surface area contributed by atoms with Gasteiger partial charge in [-0.3, -0.25) is 4.90 Å². The molecule has 0 fully saturated rings. The third-order valence-corrected chi connectivity index (χ3v) is 3.75. The van der Waals surface area contributed by atoms with Crippen LogP contribution in [0.1, 0.15) is 11.4 Å². The van der Waals surface area contributed by atoms with Gasteiger partial charge in [0.15, 0.2) is 0 Å². The molecule has 0 aliphatic heterocycles. The predicted octanol–water partition coefficient (Wildman–Crippen LogP) is 2.08. The third kappa shape index (κ3) is 3.97. The number of rotatable bonds is 7. The number of aliphatic hydroxyl groups excluding tert-OH is 1. The standard InChI is InChI=1S/C15H20ClN3O2/c1-18-14(16)9-17-15(18)11-19(7-8-20)10-12-5-3-4-6-13(12)21-2/h3-6,9,20H,7-8,10-11H2,1-2H3. The van der Waals surface area contributed by atoms with E-state index >= 15 is 0 Å². The van der Waals surface area contributed by atoms with Crippen LogP contribution < -0.4 is 4.74 Å². The number of methoxy groups -OCH3 is 1. The average Bonchev–Trinajstić information content (AvgIpc) is 2.80. The summed E-state index contributed by atoms with van der Waals surface area (Å²) in [6, 6.07) is 7.88. The van der Waals surface area contributed by atoms with Crippen molar-refractivity contribution in [1.29, 1.82) is 0 Å². The molecule has 0 unspecified atom stereocenters. The fourth-order valence-electron chi connectivity index (χ4n) is 2.20. The summed E-state index contributed by atoms with van der Waals surface area (Å²) < 4.78 is 7.21. The van der Waals surface area contributed by atoms with Crippen molar-refractivity contribution >= 4 is 11.6 Å². The first kappa shape index (κ1) is 15.8. The lowest BCUT2D eigenvalue weighted by Gasteiger charge is -2.22. The van der Waals surface area contributed by atoms with E-state index in [2.05, 4.69) is 9.88 Å². The SMILES string of the molecule is COc1ccccc1CN(CCO)Cc1ncc(Cl)n1C. The molecular formula is C15H20ClN3O2. The van der Waals surface area contributed by atoms with E-state index in [1.807, 2.05) is 35.9 Å². The van der Waals surface area contributed by atoms with Crippen molar-refractivity contribution in [3.63, 3.8) is 0 Å². The molecule has 0 aliphatic carbocycles. The zero-order valence-electron chi connectivity index (χ0n) is 12.3. The van der Waals surface area contributed by atoms with Crippen molar-refractivity contribution < 1.29 is 9.84 Å². The van der Waals surface area contributed by atoms with Crippen molar-refractivity contribution in [3.05, 3.63) is 47.0 Å². The predicted molar refractivity (Wildman–Crippen MR) is 82.4 cm³/mol. The molecule has 0 saturated carbocycles. The van der Waals surface area contributed by atoms with Gasteiger partial charge in [0.1, 0.15) is 16.7 Å². The minimum atomic E-state index is 0.0906. The molecule has 0 bridgehead atoms. The van der Waals surface area contributed by atoms with Crippen LogP contribution in [0.4, 0.5) is 0 Å². The first-order chi connectivity index (χ1) is 10.2. The van der Waals surface area contributed by atoms with E-state index < -0.39 is 0 Å². The van der Waals surface area contributed by atoms with Crippen molar-refractivity contribution in [3.8, 4) is 5.75 Å². The lowest BCUT2D eigenvalue weighted by atomic mass is 10.2. The van der Waals surface area contributed by atoms with Gasteiger partial charge in [-0.05, 0) is 6.07 Å². The van der Waals surface area contributed by atoms with Crippen LogP contribution in [0.25, 0.3) is 0 Å². The molecule has 0 radical (unpaired) electrons. The van der Waals surface area contributed by atoms with Gasteiger partial charge in [0.2, 0.25) is 0 Å². The molecule has 21 heavy (non-hydrogen) atoms. The van der Waals surface area contributed by atoms with Crippen LogP contribution in [0, 0.1) is 0 Å². The maximum Gasteiger partial charge on any atom is 0.128 e. The van der Waals surface area contributed by atoms with Crippen LogP contribution in [0.5, 0.6) is 5.75 Å². The Morgan fingerprint density at radius 1 is 1.33 bits per heavy atom. The number of imidazole rings is 1. The Hall–Kier alpha value is -1.56. The molecule has 5 nitrogen and oxygen atoms in total. The number of halogens is 1. The quantitative estimate of drug-likeness (QED) is 0.851. The van der Waals surface area contributed by atoms with Crippen LogP contribution in [0.2, 0.25) is 5.15 Å². The molecule has 1 aromatic heterocycles. The maximum absolute atomic E-state index is 9.27. The number of aromatic nitrogens is 2.